The van der Waals surface area contributed by atoms with E-state index >= 15 is 0 Å². The minimum atomic E-state index is -0.812. The van der Waals surface area contributed by atoms with E-state index in [1.54, 1.807) is 15.8 Å². The second-order valence-corrected chi connectivity index (χ2v) is 9.28. The van der Waals surface area contributed by atoms with Gasteiger partial charge in [-0.15, -0.1) is 0 Å². The maximum Gasteiger partial charge on any atom is 0.305 e. The summed E-state index contributed by atoms with van der Waals surface area (Å²) < 4.78 is 25.2. The van der Waals surface area contributed by atoms with Crippen molar-refractivity contribution < 1.29 is 28.5 Å². The van der Waals surface area contributed by atoms with Crippen LogP contribution in [0.15, 0.2) is 12.7 Å². The predicted molar refractivity (Wildman–Crippen MR) is 120 cm³/mol. The fourth-order valence-electron chi connectivity index (χ4n) is 4.51. The summed E-state index contributed by atoms with van der Waals surface area (Å²) in [4.78, 5) is 38.8. The first-order chi connectivity index (χ1) is 16.1. The van der Waals surface area contributed by atoms with Gasteiger partial charge in [0.2, 0.25) is 5.91 Å². The molecule has 4 rings (SSSR count). The third-order valence-electron chi connectivity index (χ3n) is 6.11. The topological polar surface area (TPSA) is 144 Å². The summed E-state index contributed by atoms with van der Waals surface area (Å²) in [7, 11) is 1.34. The van der Waals surface area contributed by atoms with Crippen LogP contribution in [-0.4, -0.2) is 80.1 Å². The number of imidazole rings is 1. The first-order valence-electron chi connectivity index (χ1n) is 11.4. The number of amides is 1. The van der Waals surface area contributed by atoms with Crippen molar-refractivity contribution in [2.75, 3.05) is 19.4 Å². The summed E-state index contributed by atoms with van der Waals surface area (Å²) in [5.74, 6) is -0.922. The molecule has 2 aromatic heterocycles. The molecule has 0 spiro atoms. The second kappa shape index (κ2) is 9.43. The number of ether oxygens (including phenoxy) is 4. The zero-order chi connectivity index (χ0) is 24.6. The van der Waals surface area contributed by atoms with Gasteiger partial charge < -0.3 is 29.6 Å². The lowest BCUT2D eigenvalue weighted by atomic mass is 10.1. The van der Waals surface area contributed by atoms with Crippen LogP contribution in [0.4, 0.5) is 5.82 Å². The van der Waals surface area contributed by atoms with Crippen LogP contribution in [0.2, 0.25) is 0 Å². The number of nitrogens with zero attached hydrogens (tertiary/aromatic N) is 5. The molecule has 2 aliphatic rings. The summed E-state index contributed by atoms with van der Waals surface area (Å²) >= 11 is 0. The highest BCUT2D eigenvalue weighted by molar-refractivity contribution is 5.81. The van der Waals surface area contributed by atoms with Crippen LogP contribution < -0.4 is 5.73 Å². The number of aromatic nitrogens is 4. The van der Waals surface area contributed by atoms with Crippen LogP contribution >= 0.6 is 0 Å². The molecule has 2 aliphatic heterocycles. The highest BCUT2D eigenvalue weighted by Crippen LogP contribution is 2.44. The highest BCUT2D eigenvalue weighted by Gasteiger charge is 2.56. The van der Waals surface area contributed by atoms with Crippen molar-refractivity contribution >= 4 is 28.9 Å². The van der Waals surface area contributed by atoms with Gasteiger partial charge in [0.25, 0.3) is 0 Å². The summed E-state index contributed by atoms with van der Waals surface area (Å²) in [5.41, 5.74) is 6.96. The van der Waals surface area contributed by atoms with Crippen molar-refractivity contribution in [2.24, 2.45) is 0 Å². The third-order valence-corrected chi connectivity index (χ3v) is 6.11. The Morgan fingerprint density at radius 3 is 2.65 bits per heavy atom. The summed E-state index contributed by atoms with van der Waals surface area (Å²) in [6.45, 7) is 7.91. The standard InChI is InChI=1S/C22H32N6O6/c1-12(2)27(14(29)7-6-8-15(30)31-5)9-13-17-18(34-22(3,4)33-17)21(32-13)28-11-26-16-19(23)24-10-25-20(16)28/h10-13,17-18,21H,6-9H2,1-5H3,(H2,23,24,25)/t13-,17-,18-,21?/m1/s1. The van der Waals surface area contributed by atoms with Gasteiger partial charge in [0.1, 0.15) is 30.2 Å². The van der Waals surface area contributed by atoms with Gasteiger partial charge in [-0.1, -0.05) is 0 Å². The molecule has 0 bridgehead atoms. The molecule has 0 aromatic carbocycles. The molecular weight excluding hydrogens is 444 g/mol. The van der Waals surface area contributed by atoms with E-state index in [9.17, 15) is 9.59 Å². The van der Waals surface area contributed by atoms with Crippen LogP contribution in [0.25, 0.3) is 11.2 Å². The monoisotopic (exact) mass is 476 g/mol. The smallest absolute Gasteiger partial charge is 0.305 e. The van der Waals surface area contributed by atoms with Crippen molar-refractivity contribution in [3.05, 3.63) is 12.7 Å². The molecule has 0 radical (unpaired) electrons. The maximum absolute atomic E-state index is 13.0. The van der Waals surface area contributed by atoms with E-state index in [2.05, 4.69) is 19.7 Å². The average molecular weight is 477 g/mol. The van der Waals surface area contributed by atoms with Crippen LogP contribution in [0.3, 0.4) is 0 Å². The number of methoxy groups -OCH3 is 1. The molecule has 4 heterocycles. The molecule has 0 saturated carbocycles. The van der Waals surface area contributed by atoms with Crippen LogP contribution in [0.5, 0.6) is 0 Å². The van der Waals surface area contributed by atoms with Gasteiger partial charge in [0, 0.05) is 25.4 Å². The van der Waals surface area contributed by atoms with Crippen molar-refractivity contribution in [2.45, 2.75) is 83.3 Å². The zero-order valence-corrected chi connectivity index (χ0v) is 20.1. The molecule has 2 aromatic rings. The number of hydrogen-bond donors (Lipinski definition) is 1. The molecule has 2 N–H and O–H groups in total. The van der Waals surface area contributed by atoms with Gasteiger partial charge in [-0.25, -0.2) is 15.0 Å². The number of rotatable bonds is 8. The van der Waals surface area contributed by atoms with E-state index in [1.165, 1.54) is 13.4 Å². The molecule has 0 aliphatic carbocycles. The Labute approximate surface area is 197 Å². The van der Waals surface area contributed by atoms with Crippen molar-refractivity contribution in [1.29, 1.82) is 0 Å². The third kappa shape index (κ3) is 4.70. The van der Waals surface area contributed by atoms with Crippen LogP contribution in [-0.2, 0) is 28.5 Å². The normalized spacial score (nSPS) is 25.6. The fourth-order valence-corrected chi connectivity index (χ4v) is 4.51. The Bertz CT molecular complexity index is 1060. The lowest BCUT2D eigenvalue weighted by molar-refractivity contribution is -0.198. The highest BCUT2D eigenvalue weighted by atomic mass is 16.8. The average Bonchev–Trinajstić information content (AvgIpc) is 3.43. The molecule has 12 nitrogen and oxygen atoms in total. The Morgan fingerprint density at radius 1 is 1.21 bits per heavy atom. The number of anilines is 1. The first kappa shape index (κ1) is 24.3. The van der Waals surface area contributed by atoms with E-state index in [1.807, 2.05) is 27.7 Å². The molecule has 186 valence electrons. The molecule has 1 amide bonds. The summed E-state index contributed by atoms with van der Waals surface area (Å²) in [6.07, 6.45) is 1.99. The Morgan fingerprint density at radius 2 is 1.94 bits per heavy atom. The van der Waals surface area contributed by atoms with Gasteiger partial charge in [-0.2, -0.15) is 0 Å². The minimum Gasteiger partial charge on any atom is -0.469 e. The number of esters is 1. The quantitative estimate of drug-likeness (QED) is 0.555. The number of nitrogens with two attached hydrogens (primary N) is 1. The molecule has 4 atom stereocenters. The van der Waals surface area contributed by atoms with Gasteiger partial charge >= 0.3 is 5.97 Å². The van der Waals surface area contributed by atoms with E-state index < -0.39 is 30.3 Å². The Balaban J connectivity index is 1.54. The number of nitrogen functional groups attached to an aromatic ring is 1. The summed E-state index contributed by atoms with van der Waals surface area (Å²) in [5, 5.41) is 0. The van der Waals surface area contributed by atoms with E-state index in [-0.39, 0.29) is 36.6 Å². The number of carbonyl (C=O) groups is 2. The Kier molecular flexibility index (Phi) is 6.74. The van der Waals surface area contributed by atoms with Gasteiger partial charge in [0.05, 0.1) is 13.4 Å². The van der Waals surface area contributed by atoms with Crippen LogP contribution in [0.1, 0.15) is 53.2 Å². The summed E-state index contributed by atoms with van der Waals surface area (Å²) in [6, 6.07) is -0.0660. The second-order valence-electron chi connectivity index (χ2n) is 9.28. The van der Waals surface area contributed by atoms with E-state index in [0.717, 1.165) is 0 Å². The number of fused-ring (bicyclic) bond motifs is 2. The molecule has 34 heavy (non-hydrogen) atoms. The molecule has 2 saturated heterocycles. The Hall–Kier alpha value is -2.83. The molecule has 12 heteroatoms. The fraction of sp³-hybridized carbons (Fsp3) is 0.682. The largest absolute Gasteiger partial charge is 0.469 e. The van der Waals surface area contributed by atoms with Crippen molar-refractivity contribution in [3.63, 3.8) is 0 Å². The van der Waals surface area contributed by atoms with E-state index in [0.29, 0.717) is 24.1 Å². The zero-order valence-electron chi connectivity index (χ0n) is 20.1. The van der Waals surface area contributed by atoms with Crippen molar-refractivity contribution in [3.8, 4) is 0 Å². The van der Waals surface area contributed by atoms with E-state index in [4.69, 9.17) is 19.9 Å². The molecule has 1 unspecified atom stereocenters. The van der Waals surface area contributed by atoms with Gasteiger partial charge in [-0.05, 0) is 34.1 Å². The number of carbonyl (C=O) groups excluding carboxylic acids is 2. The SMILES string of the molecule is COC(=O)CCCC(=O)N(C[C@H]1OC(n2cnc3c(N)ncnc32)[C@@H]2OC(C)(C)O[C@H]12)C(C)C. The van der Waals surface area contributed by atoms with Gasteiger partial charge in [0.15, 0.2) is 23.5 Å². The number of hydrogen-bond acceptors (Lipinski definition) is 10. The van der Waals surface area contributed by atoms with Gasteiger partial charge in [-0.3, -0.25) is 14.2 Å². The van der Waals surface area contributed by atoms with Crippen molar-refractivity contribution in [1.82, 2.24) is 24.4 Å². The van der Waals surface area contributed by atoms with Crippen LogP contribution in [0, 0.1) is 0 Å². The molecule has 2 fully saturated rings. The lowest BCUT2D eigenvalue weighted by Gasteiger charge is -2.31. The minimum absolute atomic E-state index is 0.0609. The maximum atomic E-state index is 13.0. The lowest BCUT2D eigenvalue weighted by Crippen LogP contribution is -2.45. The molecular formula is C22H32N6O6. The predicted octanol–water partition coefficient (Wildman–Crippen LogP) is 1.41. The first-order valence-corrected chi connectivity index (χ1v) is 11.4.